The fraction of sp³-hybridized carbons (Fsp3) is 0.100. The molecule has 0 radical (unpaired) electrons. The fourth-order valence-electron chi connectivity index (χ4n) is 2.85. The van der Waals surface area contributed by atoms with Crippen LogP contribution >= 0.6 is 14.3 Å². The summed E-state index contributed by atoms with van der Waals surface area (Å²) in [5.41, 5.74) is 0. The van der Waals surface area contributed by atoms with E-state index in [2.05, 4.69) is 0 Å². The molecule has 0 fully saturated rings. The minimum atomic E-state index is -2.97. The standard InChI is InChI=1S/C20H20O2P2/c1-23(21,18-11-5-2-6-12-18)17-24(22,19-13-7-3-8-14-19)20-15-9-4-10-16-20/h2-16H,17H2,1H3. The summed E-state index contributed by atoms with van der Waals surface area (Å²) in [6.07, 6.45) is 0. The largest absolute Gasteiger partial charge is 0.318 e. The zero-order valence-electron chi connectivity index (χ0n) is 13.6. The first-order chi connectivity index (χ1) is 11.5. The average molecular weight is 354 g/mol. The minimum absolute atomic E-state index is 0.165. The SMILES string of the molecule is CP(=O)(CP(=O)(c1ccccc1)c1ccccc1)c1ccccc1. The van der Waals surface area contributed by atoms with Gasteiger partial charge in [-0.15, -0.1) is 0 Å². The summed E-state index contributed by atoms with van der Waals surface area (Å²) in [6.45, 7) is 1.74. The van der Waals surface area contributed by atoms with E-state index in [0.717, 1.165) is 15.9 Å². The lowest BCUT2D eigenvalue weighted by molar-refractivity contribution is 0.581. The third-order valence-electron chi connectivity index (χ3n) is 4.12. The van der Waals surface area contributed by atoms with Crippen LogP contribution in [0.5, 0.6) is 0 Å². The Labute approximate surface area is 143 Å². The first-order valence-corrected chi connectivity index (χ1v) is 12.1. The maximum Gasteiger partial charge on any atom is 0.150 e. The molecule has 0 amide bonds. The monoisotopic (exact) mass is 354 g/mol. The van der Waals surface area contributed by atoms with Gasteiger partial charge in [0.2, 0.25) is 0 Å². The van der Waals surface area contributed by atoms with Crippen LogP contribution in [-0.4, -0.2) is 12.6 Å². The highest BCUT2D eigenvalue weighted by Crippen LogP contribution is 2.57. The van der Waals surface area contributed by atoms with Crippen LogP contribution in [0.3, 0.4) is 0 Å². The van der Waals surface area contributed by atoms with Crippen molar-refractivity contribution < 1.29 is 9.13 Å². The molecule has 4 heteroatoms. The zero-order valence-corrected chi connectivity index (χ0v) is 15.4. The second kappa shape index (κ2) is 6.93. The van der Waals surface area contributed by atoms with Gasteiger partial charge in [0.15, 0.2) is 7.14 Å². The zero-order chi connectivity index (χ0) is 17.0. The lowest BCUT2D eigenvalue weighted by atomic mass is 10.4. The maximum atomic E-state index is 14.0. The van der Waals surface area contributed by atoms with Crippen molar-refractivity contribution in [3.63, 3.8) is 0 Å². The molecule has 0 aliphatic rings. The molecule has 0 aliphatic carbocycles. The topological polar surface area (TPSA) is 34.1 Å². The third kappa shape index (κ3) is 3.46. The molecule has 0 spiro atoms. The normalized spacial score (nSPS) is 14.0. The Balaban J connectivity index is 2.10. The van der Waals surface area contributed by atoms with E-state index in [4.69, 9.17) is 0 Å². The lowest BCUT2D eigenvalue weighted by Crippen LogP contribution is -2.20. The predicted molar refractivity (Wildman–Crippen MR) is 104 cm³/mol. The van der Waals surface area contributed by atoms with Crippen molar-refractivity contribution in [3.05, 3.63) is 91.0 Å². The minimum Gasteiger partial charge on any atom is -0.318 e. The molecule has 0 aliphatic heterocycles. The molecule has 0 bridgehead atoms. The number of benzene rings is 3. The van der Waals surface area contributed by atoms with Crippen LogP contribution < -0.4 is 15.9 Å². The Hall–Kier alpha value is -1.88. The first kappa shape index (κ1) is 17.0. The van der Waals surface area contributed by atoms with Crippen molar-refractivity contribution in [1.82, 2.24) is 0 Å². The van der Waals surface area contributed by atoms with Gasteiger partial charge in [-0.3, -0.25) is 0 Å². The van der Waals surface area contributed by atoms with Crippen molar-refractivity contribution in [3.8, 4) is 0 Å². The molecular formula is C20H20O2P2. The summed E-state index contributed by atoms with van der Waals surface area (Å²) in [6, 6.07) is 28.2. The highest BCUT2D eigenvalue weighted by atomic mass is 31.2. The lowest BCUT2D eigenvalue weighted by Gasteiger charge is -2.23. The molecule has 0 aromatic heterocycles. The van der Waals surface area contributed by atoms with Gasteiger partial charge in [-0.25, -0.2) is 0 Å². The molecular weight excluding hydrogens is 334 g/mol. The van der Waals surface area contributed by atoms with E-state index >= 15 is 0 Å². The van der Waals surface area contributed by atoms with Crippen molar-refractivity contribution in [1.29, 1.82) is 0 Å². The average Bonchev–Trinajstić information content (AvgIpc) is 2.63. The summed E-state index contributed by atoms with van der Waals surface area (Å²) in [5.74, 6) is 0.165. The maximum absolute atomic E-state index is 14.0. The molecule has 2 nitrogen and oxygen atoms in total. The van der Waals surface area contributed by atoms with Crippen LogP contribution in [0, 0.1) is 0 Å². The van der Waals surface area contributed by atoms with Gasteiger partial charge >= 0.3 is 0 Å². The molecule has 1 unspecified atom stereocenters. The van der Waals surface area contributed by atoms with Gasteiger partial charge < -0.3 is 9.13 Å². The second-order valence-electron chi connectivity index (χ2n) is 5.99. The van der Waals surface area contributed by atoms with E-state index in [-0.39, 0.29) is 5.90 Å². The van der Waals surface area contributed by atoms with Gasteiger partial charge in [0.25, 0.3) is 0 Å². The van der Waals surface area contributed by atoms with Crippen LogP contribution in [-0.2, 0) is 9.13 Å². The molecule has 24 heavy (non-hydrogen) atoms. The Kier molecular flexibility index (Phi) is 4.90. The number of rotatable bonds is 5. The summed E-state index contributed by atoms with van der Waals surface area (Å²) in [5, 5.41) is 2.29. The molecule has 1 atom stereocenters. The fourth-order valence-corrected chi connectivity index (χ4v) is 10.3. The van der Waals surface area contributed by atoms with Crippen LogP contribution in [0.1, 0.15) is 0 Å². The van der Waals surface area contributed by atoms with Gasteiger partial charge in [-0.1, -0.05) is 91.0 Å². The van der Waals surface area contributed by atoms with E-state index in [9.17, 15) is 9.13 Å². The Morgan fingerprint density at radius 1 is 0.583 bits per heavy atom. The number of hydrogen-bond donors (Lipinski definition) is 0. The van der Waals surface area contributed by atoms with E-state index in [1.165, 1.54) is 0 Å². The Morgan fingerprint density at radius 3 is 1.29 bits per heavy atom. The smallest absolute Gasteiger partial charge is 0.150 e. The predicted octanol–water partition coefficient (Wildman–Crippen LogP) is 4.28. The first-order valence-electron chi connectivity index (χ1n) is 7.85. The van der Waals surface area contributed by atoms with E-state index < -0.39 is 14.3 Å². The molecule has 0 saturated heterocycles. The Bertz CT molecular complexity index is 847. The quantitative estimate of drug-likeness (QED) is 0.641. The molecule has 0 saturated carbocycles. The summed E-state index contributed by atoms with van der Waals surface area (Å²) < 4.78 is 27.4. The highest BCUT2D eigenvalue weighted by molar-refractivity contribution is 7.91. The Morgan fingerprint density at radius 2 is 0.917 bits per heavy atom. The van der Waals surface area contributed by atoms with Crippen molar-refractivity contribution >= 4 is 30.2 Å². The van der Waals surface area contributed by atoms with Gasteiger partial charge in [0, 0.05) is 15.9 Å². The van der Waals surface area contributed by atoms with Crippen molar-refractivity contribution in [2.45, 2.75) is 0 Å². The van der Waals surface area contributed by atoms with Gasteiger partial charge in [-0.05, 0) is 6.66 Å². The van der Waals surface area contributed by atoms with E-state index in [1.54, 1.807) is 6.66 Å². The number of hydrogen-bond acceptors (Lipinski definition) is 2. The van der Waals surface area contributed by atoms with Crippen LogP contribution in [0.4, 0.5) is 0 Å². The summed E-state index contributed by atoms with van der Waals surface area (Å²) in [7, 11) is -5.73. The van der Waals surface area contributed by atoms with Crippen LogP contribution in [0.2, 0.25) is 0 Å². The summed E-state index contributed by atoms with van der Waals surface area (Å²) in [4.78, 5) is 0. The van der Waals surface area contributed by atoms with E-state index in [0.29, 0.717) is 0 Å². The molecule has 0 heterocycles. The van der Waals surface area contributed by atoms with E-state index in [1.807, 2.05) is 91.0 Å². The van der Waals surface area contributed by atoms with Crippen LogP contribution in [0.15, 0.2) is 91.0 Å². The third-order valence-corrected chi connectivity index (χ3v) is 11.5. The second-order valence-corrected chi connectivity index (χ2v) is 12.4. The molecule has 3 aromatic rings. The van der Waals surface area contributed by atoms with Gasteiger partial charge in [0.05, 0.1) is 5.90 Å². The molecule has 122 valence electrons. The van der Waals surface area contributed by atoms with Gasteiger partial charge in [-0.2, -0.15) is 0 Å². The molecule has 3 rings (SSSR count). The van der Waals surface area contributed by atoms with Crippen LogP contribution in [0.25, 0.3) is 0 Å². The van der Waals surface area contributed by atoms with Crippen molar-refractivity contribution in [2.75, 3.05) is 12.6 Å². The summed E-state index contributed by atoms with van der Waals surface area (Å²) >= 11 is 0. The van der Waals surface area contributed by atoms with Gasteiger partial charge in [0.1, 0.15) is 7.14 Å². The molecule has 3 aromatic carbocycles. The van der Waals surface area contributed by atoms with Crippen molar-refractivity contribution in [2.24, 2.45) is 0 Å². The molecule has 0 N–H and O–H groups in total. The highest BCUT2D eigenvalue weighted by Gasteiger charge is 2.34.